The standard InChI is InChI=1S/C14H18N2S/c1-3-11-6-4-5-7-12(11)14(16-15)13-9-8-10(2)17-13/h4-9,14,16H,3,15H2,1-2H3. The molecule has 0 bridgehead atoms. The number of benzene rings is 1. The lowest BCUT2D eigenvalue weighted by Gasteiger charge is -2.18. The molecular formula is C14H18N2S. The van der Waals surface area contributed by atoms with E-state index in [1.54, 1.807) is 11.3 Å². The van der Waals surface area contributed by atoms with Crippen molar-refractivity contribution < 1.29 is 0 Å². The summed E-state index contributed by atoms with van der Waals surface area (Å²) in [4.78, 5) is 2.58. The Hall–Kier alpha value is -1.16. The number of aryl methyl sites for hydroxylation is 2. The predicted molar refractivity (Wildman–Crippen MR) is 74.0 cm³/mol. The lowest BCUT2D eigenvalue weighted by Crippen LogP contribution is -2.28. The molecule has 0 saturated carbocycles. The summed E-state index contributed by atoms with van der Waals surface area (Å²) >= 11 is 1.79. The van der Waals surface area contributed by atoms with Gasteiger partial charge in [-0.05, 0) is 36.6 Å². The van der Waals surface area contributed by atoms with Gasteiger partial charge in [0.1, 0.15) is 0 Å². The molecule has 17 heavy (non-hydrogen) atoms. The van der Waals surface area contributed by atoms with Gasteiger partial charge in [-0.15, -0.1) is 11.3 Å². The van der Waals surface area contributed by atoms with Gasteiger partial charge < -0.3 is 0 Å². The van der Waals surface area contributed by atoms with Crippen molar-refractivity contribution in [3.63, 3.8) is 0 Å². The van der Waals surface area contributed by atoms with Crippen molar-refractivity contribution in [3.05, 3.63) is 57.3 Å². The van der Waals surface area contributed by atoms with E-state index in [1.807, 2.05) is 0 Å². The third-order valence-corrected chi connectivity index (χ3v) is 4.02. The van der Waals surface area contributed by atoms with Crippen molar-refractivity contribution in [3.8, 4) is 0 Å². The van der Waals surface area contributed by atoms with Crippen LogP contribution in [-0.2, 0) is 6.42 Å². The molecule has 90 valence electrons. The first-order valence-corrected chi connectivity index (χ1v) is 6.68. The highest BCUT2D eigenvalue weighted by Gasteiger charge is 2.16. The number of nitrogens with one attached hydrogen (secondary N) is 1. The third kappa shape index (κ3) is 2.57. The Kier molecular flexibility index (Phi) is 3.94. The second-order valence-corrected chi connectivity index (χ2v) is 5.42. The molecule has 3 N–H and O–H groups in total. The third-order valence-electron chi connectivity index (χ3n) is 2.96. The molecular weight excluding hydrogens is 228 g/mol. The maximum absolute atomic E-state index is 5.73. The van der Waals surface area contributed by atoms with Crippen LogP contribution in [0.3, 0.4) is 0 Å². The number of hydrazine groups is 1. The van der Waals surface area contributed by atoms with Gasteiger partial charge in [0, 0.05) is 9.75 Å². The molecule has 1 aromatic carbocycles. The Morgan fingerprint density at radius 1 is 1.24 bits per heavy atom. The monoisotopic (exact) mass is 246 g/mol. The summed E-state index contributed by atoms with van der Waals surface area (Å²) in [7, 11) is 0. The zero-order chi connectivity index (χ0) is 12.3. The van der Waals surface area contributed by atoms with E-state index in [-0.39, 0.29) is 6.04 Å². The number of nitrogens with two attached hydrogens (primary N) is 1. The first-order chi connectivity index (χ1) is 8.26. The molecule has 0 aliphatic rings. The van der Waals surface area contributed by atoms with Crippen molar-refractivity contribution in [2.24, 2.45) is 5.84 Å². The molecule has 3 heteroatoms. The number of hydrogen-bond acceptors (Lipinski definition) is 3. The van der Waals surface area contributed by atoms with Gasteiger partial charge in [0.05, 0.1) is 6.04 Å². The molecule has 2 rings (SSSR count). The van der Waals surface area contributed by atoms with E-state index in [9.17, 15) is 0 Å². The molecule has 0 amide bonds. The van der Waals surface area contributed by atoms with Gasteiger partial charge in [-0.25, -0.2) is 5.43 Å². The summed E-state index contributed by atoms with van der Waals surface area (Å²) in [6.07, 6.45) is 1.03. The summed E-state index contributed by atoms with van der Waals surface area (Å²) in [5.74, 6) is 5.73. The molecule has 2 aromatic rings. The van der Waals surface area contributed by atoms with Gasteiger partial charge in [0.15, 0.2) is 0 Å². The topological polar surface area (TPSA) is 38.0 Å². The van der Waals surface area contributed by atoms with Gasteiger partial charge in [0.2, 0.25) is 0 Å². The molecule has 1 atom stereocenters. The summed E-state index contributed by atoms with van der Waals surface area (Å²) in [5.41, 5.74) is 5.56. The van der Waals surface area contributed by atoms with E-state index in [2.05, 4.69) is 55.7 Å². The Balaban J connectivity index is 2.41. The van der Waals surface area contributed by atoms with Crippen LogP contribution in [0.25, 0.3) is 0 Å². The smallest absolute Gasteiger partial charge is 0.0805 e. The van der Waals surface area contributed by atoms with Gasteiger partial charge in [-0.2, -0.15) is 0 Å². The van der Waals surface area contributed by atoms with Gasteiger partial charge in [0.25, 0.3) is 0 Å². The SMILES string of the molecule is CCc1ccccc1C(NN)c1ccc(C)s1. The summed E-state index contributed by atoms with van der Waals surface area (Å²) in [5, 5.41) is 0. The van der Waals surface area contributed by atoms with Crippen LogP contribution in [-0.4, -0.2) is 0 Å². The molecule has 0 aliphatic heterocycles. The summed E-state index contributed by atoms with van der Waals surface area (Å²) in [6.45, 7) is 4.29. The van der Waals surface area contributed by atoms with E-state index >= 15 is 0 Å². The molecule has 1 unspecified atom stereocenters. The molecule has 0 radical (unpaired) electrons. The molecule has 0 fully saturated rings. The lowest BCUT2D eigenvalue weighted by atomic mass is 9.98. The van der Waals surface area contributed by atoms with E-state index < -0.39 is 0 Å². The fraction of sp³-hybridized carbons (Fsp3) is 0.286. The quantitative estimate of drug-likeness (QED) is 0.642. The van der Waals surface area contributed by atoms with Crippen LogP contribution >= 0.6 is 11.3 Å². The average molecular weight is 246 g/mol. The minimum absolute atomic E-state index is 0.102. The first kappa shape index (κ1) is 12.3. The van der Waals surface area contributed by atoms with Gasteiger partial charge >= 0.3 is 0 Å². The van der Waals surface area contributed by atoms with Crippen molar-refractivity contribution in [1.29, 1.82) is 0 Å². The van der Waals surface area contributed by atoms with Crippen molar-refractivity contribution in [2.75, 3.05) is 0 Å². The maximum atomic E-state index is 5.73. The normalized spacial score (nSPS) is 12.6. The van der Waals surface area contributed by atoms with Crippen LogP contribution in [0.15, 0.2) is 36.4 Å². The van der Waals surface area contributed by atoms with Gasteiger partial charge in [-0.3, -0.25) is 5.84 Å². The molecule has 0 spiro atoms. The second kappa shape index (κ2) is 5.45. The number of rotatable bonds is 4. The Morgan fingerprint density at radius 2 is 2.00 bits per heavy atom. The van der Waals surface area contributed by atoms with Crippen molar-refractivity contribution in [2.45, 2.75) is 26.3 Å². The van der Waals surface area contributed by atoms with E-state index in [0.29, 0.717) is 0 Å². The highest BCUT2D eigenvalue weighted by atomic mass is 32.1. The molecule has 1 aromatic heterocycles. The Labute approximate surface area is 106 Å². The number of thiophene rings is 1. The lowest BCUT2D eigenvalue weighted by molar-refractivity contribution is 0.641. The fourth-order valence-corrected chi connectivity index (χ4v) is 3.03. The summed E-state index contributed by atoms with van der Waals surface area (Å²) in [6, 6.07) is 12.9. The molecule has 2 nitrogen and oxygen atoms in total. The second-order valence-electron chi connectivity index (χ2n) is 4.10. The van der Waals surface area contributed by atoms with Crippen LogP contribution in [0, 0.1) is 6.92 Å². The van der Waals surface area contributed by atoms with Crippen LogP contribution in [0.2, 0.25) is 0 Å². The van der Waals surface area contributed by atoms with Crippen molar-refractivity contribution in [1.82, 2.24) is 5.43 Å². The van der Waals surface area contributed by atoms with E-state index in [0.717, 1.165) is 6.42 Å². The maximum Gasteiger partial charge on any atom is 0.0805 e. The van der Waals surface area contributed by atoms with Crippen LogP contribution in [0.1, 0.15) is 33.8 Å². The summed E-state index contributed by atoms with van der Waals surface area (Å²) < 4.78 is 0. The van der Waals surface area contributed by atoms with Crippen LogP contribution in [0.4, 0.5) is 0 Å². The average Bonchev–Trinajstić information content (AvgIpc) is 2.77. The minimum Gasteiger partial charge on any atom is -0.271 e. The first-order valence-electron chi connectivity index (χ1n) is 5.86. The zero-order valence-corrected chi connectivity index (χ0v) is 11.1. The zero-order valence-electron chi connectivity index (χ0n) is 10.2. The Morgan fingerprint density at radius 3 is 2.59 bits per heavy atom. The Bertz CT molecular complexity index is 490. The highest BCUT2D eigenvalue weighted by molar-refractivity contribution is 7.12. The number of hydrogen-bond donors (Lipinski definition) is 2. The van der Waals surface area contributed by atoms with Gasteiger partial charge in [-0.1, -0.05) is 31.2 Å². The molecule has 0 saturated heterocycles. The van der Waals surface area contributed by atoms with Crippen LogP contribution in [0.5, 0.6) is 0 Å². The largest absolute Gasteiger partial charge is 0.271 e. The fourth-order valence-electron chi connectivity index (χ4n) is 2.07. The highest BCUT2D eigenvalue weighted by Crippen LogP contribution is 2.29. The van der Waals surface area contributed by atoms with Crippen LogP contribution < -0.4 is 11.3 Å². The predicted octanol–water partition coefficient (Wildman–Crippen LogP) is 3.17. The molecule has 1 heterocycles. The van der Waals surface area contributed by atoms with Crippen molar-refractivity contribution >= 4 is 11.3 Å². The minimum atomic E-state index is 0.102. The van der Waals surface area contributed by atoms with E-state index in [4.69, 9.17) is 5.84 Å². The van der Waals surface area contributed by atoms with E-state index in [1.165, 1.54) is 20.9 Å². The molecule has 0 aliphatic carbocycles.